The SMILES string of the molecule is CCN(CC)S(=O)(=O)c1ccc(Cl)c(C(=O)NCCOc2ccc(Cl)cc2)c1. The normalized spacial score (nSPS) is 11.5. The van der Waals surface area contributed by atoms with Gasteiger partial charge < -0.3 is 10.1 Å². The van der Waals surface area contributed by atoms with Crippen molar-refractivity contribution in [2.75, 3.05) is 26.2 Å². The Morgan fingerprint density at radius 3 is 2.32 bits per heavy atom. The van der Waals surface area contributed by atoms with E-state index in [0.29, 0.717) is 23.9 Å². The first-order valence-corrected chi connectivity index (χ1v) is 11.0. The van der Waals surface area contributed by atoms with E-state index >= 15 is 0 Å². The van der Waals surface area contributed by atoms with Gasteiger partial charge in [-0.05, 0) is 42.5 Å². The van der Waals surface area contributed by atoms with Crippen molar-refractivity contribution >= 4 is 39.1 Å². The minimum Gasteiger partial charge on any atom is -0.492 e. The van der Waals surface area contributed by atoms with Crippen molar-refractivity contribution in [3.05, 3.63) is 58.1 Å². The zero-order chi connectivity index (χ0) is 20.7. The van der Waals surface area contributed by atoms with E-state index < -0.39 is 15.9 Å². The van der Waals surface area contributed by atoms with Crippen molar-refractivity contribution in [3.63, 3.8) is 0 Å². The fourth-order valence-corrected chi connectivity index (χ4v) is 4.33. The van der Waals surface area contributed by atoms with E-state index in [0.717, 1.165) is 0 Å². The Kier molecular flexibility index (Phi) is 8.12. The molecule has 0 heterocycles. The van der Waals surface area contributed by atoms with Gasteiger partial charge in [-0.25, -0.2) is 8.42 Å². The van der Waals surface area contributed by atoms with Crippen LogP contribution in [0.4, 0.5) is 0 Å². The van der Waals surface area contributed by atoms with E-state index in [4.69, 9.17) is 27.9 Å². The molecular formula is C19H22Cl2N2O4S. The molecule has 0 aromatic heterocycles. The Labute approximate surface area is 175 Å². The molecule has 0 radical (unpaired) electrons. The molecule has 1 N–H and O–H groups in total. The maximum Gasteiger partial charge on any atom is 0.252 e. The number of hydrogen-bond donors (Lipinski definition) is 1. The summed E-state index contributed by atoms with van der Waals surface area (Å²) in [6.07, 6.45) is 0. The molecule has 9 heteroatoms. The van der Waals surface area contributed by atoms with Crippen LogP contribution < -0.4 is 10.1 Å². The number of hydrogen-bond acceptors (Lipinski definition) is 4. The van der Waals surface area contributed by atoms with E-state index in [-0.39, 0.29) is 28.6 Å². The number of halogens is 2. The van der Waals surface area contributed by atoms with Crippen LogP contribution in [0.25, 0.3) is 0 Å². The van der Waals surface area contributed by atoms with Crippen molar-refractivity contribution in [2.24, 2.45) is 0 Å². The highest BCUT2D eigenvalue weighted by Crippen LogP contribution is 2.23. The Morgan fingerprint density at radius 2 is 1.71 bits per heavy atom. The van der Waals surface area contributed by atoms with E-state index in [1.807, 2.05) is 0 Å². The van der Waals surface area contributed by atoms with Crippen LogP contribution in [-0.2, 0) is 10.0 Å². The monoisotopic (exact) mass is 444 g/mol. The largest absolute Gasteiger partial charge is 0.492 e. The first kappa shape index (κ1) is 22.5. The summed E-state index contributed by atoms with van der Waals surface area (Å²) >= 11 is 11.9. The highest BCUT2D eigenvalue weighted by Gasteiger charge is 2.23. The smallest absolute Gasteiger partial charge is 0.252 e. The second kappa shape index (κ2) is 10.1. The predicted octanol–water partition coefficient (Wildman–Crippen LogP) is 3.83. The van der Waals surface area contributed by atoms with Crippen LogP contribution in [0.2, 0.25) is 10.0 Å². The van der Waals surface area contributed by atoms with Gasteiger partial charge in [0, 0.05) is 18.1 Å². The van der Waals surface area contributed by atoms with Crippen molar-refractivity contribution in [3.8, 4) is 5.75 Å². The standard InChI is InChI=1S/C19H22Cl2N2O4S/c1-3-23(4-2)28(25,26)16-9-10-18(21)17(13-16)19(24)22-11-12-27-15-7-5-14(20)6-8-15/h5-10,13H,3-4,11-12H2,1-2H3,(H,22,24). The zero-order valence-corrected chi connectivity index (χ0v) is 17.9. The van der Waals surface area contributed by atoms with E-state index in [2.05, 4.69) is 5.32 Å². The van der Waals surface area contributed by atoms with Gasteiger partial charge in [-0.15, -0.1) is 0 Å². The molecule has 0 aliphatic rings. The summed E-state index contributed by atoms with van der Waals surface area (Å²) in [5.41, 5.74) is 0.0985. The highest BCUT2D eigenvalue weighted by molar-refractivity contribution is 7.89. The summed E-state index contributed by atoms with van der Waals surface area (Å²) in [7, 11) is -3.68. The van der Waals surface area contributed by atoms with Gasteiger partial charge in [0.2, 0.25) is 10.0 Å². The van der Waals surface area contributed by atoms with Gasteiger partial charge >= 0.3 is 0 Å². The number of ether oxygens (including phenoxy) is 1. The number of carbonyl (C=O) groups is 1. The second-order valence-electron chi connectivity index (χ2n) is 5.79. The second-order valence-corrected chi connectivity index (χ2v) is 8.57. The minimum absolute atomic E-state index is 0.0307. The van der Waals surface area contributed by atoms with Gasteiger partial charge in [-0.1, -0.05) is 37.0 Å². The van der Waals surface area contributed by atoms with Crippen molar-refractivity contribution in [2.45, 2.75) is 18.7 Å². The molecule has 0 bridgehead atoms. The number of rotatable bonds is 9. The first-order valence-electron chi connectivity index (χ1n) is 8.75. The summed E-state index contributed by atoms with van der Waals surface area (Å²) in [6.45, 7) is 4.65. The molecule has 0 unspecified atom stereocenters. The number of amides is 1. The molecule has 0 spiro atoms. The summed E-state index contributed by atoms with van der Waals surface area (Å²) in [5.74, 6) is 0.158. The molecule has 0 aliphatic heterocycles. The molecule has 0 aliphatic carbocycles. The average Bonchev–Trinajstić information content (AvgIpc) is 2.67. The van der Waals surface area contributed by atoms with Crippen LogP contribution in [-0.4, -0.2) is 44.9 Å². The lowest BCUT2D eigenvalue weighted by atomic mass is 10.2. The molecular weight excluding hydrogens is 423 g/mol. The number of benzene rings is 2. The lowest BCUT2D eigenvalue weighted by Gasteiger charge is -2.19. The number of nitrogens with one attached hydrogen (secondary N) is 1. The third-order valence-corrected chi connectivity index (χ3v) is 6.62. The third kappa shape index (κ3) is 5.61. The molecule has 1 amide bonds. The maximum atomic E-state index is 12.6. The lowest BCUT2D eigenvalue weighted by molar-refractivity contribution is 0.0947. The lowest BCUT2D eigenvalue weighted by Crippen LogP contribution is -2.31. The van der Waals surface area contributed by atoms with Crippen LogP contribution in [0, 0.1) is 0 Å². The van der Waals surface area contributed by atoms with Gasteiger partial charge in [0.25, 0.3) is 5.91 Å². The van der Waals surface area contributed by atoms with E-state index in [1.54, 1.807) is 38.1 Å². The van der Waals surface area contributed by atoms with Gasteiger partial charge in [0.1, 0.15) is 12.4 Å². The molecule has 0 atom stereocenters. The van der Waals surface area contributed by atoms with E-state index in [1.165, 1.54) is 22.5 Å². The zero-order valence-electron chi connectivity index (χ0n) is 15.6. The summed E-state index contributed by atoms with van der Waals surface area (Å²) < 4.78 is 32.1. The predicted molar refractivity (Wildman–Crippen MR) is 111 cm³/mol. The fourth-order valence-electron chi connectivity index (χ4n) is 2.51. The van der Waals surface area contributed by atoms with Crippen LogP contribution >= 0.6 is 23.2 Å². The van der Waals surface area contributed by atoms with Gasteiger partial charge in [-0.3, -0.25) is 4.79 Å². The topological polar surface area (TPSA) is 75.7 Å². The Bertz CT molecular complexity index is 914. The molecule has 28 heavy (non-hydrogen) atoms. The highest BCUT2D eigenvalue weighted by atomic mass is 35.5. The summed E-state index contributed by atoms with van der Waals surface area (Å²) in [5, 5.41) is 3.46. The van der Waals surface area contributed by atoms with Crippen molar-refractivity contribution in [1.29, 1.82) is 0 Å². The van der Waals surface area contributed by atoms with E-state index in [9.17, 15) is 13.2 Å². The fraction of sp³-hybridized carbons (Fsp3) is 0.316. The molecule has 0 saturated carbocycles. The van der Waals surface area contributed by atoms with Gasteiger partial charge in [-0.2, -0.15) is 4.31 Å². The third-order valence-electron chi connectivity index (χ3n) is 4.00. The Balaban J connectivity index is 2.03. The van der Waals surface area contributed by atoms with Crippen molar-refractivity contribution < 1.29 is 17.9 Å². The number of carbonyl (C=O) groups excluding carboxylic acids is 1. The summed E-state index contributed by atoms with van der Waals surface area (Å²) in [6, 6.07) is 11.0. The molecule has 6 nitrogen and oxygen atoms in total. The molecule has 2 aromatic rings. The van der Waals surface area contributed by atoms with Crippen LogP contribution in [0.3, 0.4) is 0 Å². The van der Waals surface area contributed by atoms with Gasteiger partial charge in [0.15, 0.2) is 0 Å². The van der Waals surface area contributed by atoms with Crippen LogP contribution in [0.15, 0.2) is 47.4 Å². The Hall–Kier alpha value is -1.80. The molecule has 152 valence electrons. The molecule has 0 saturated heterocycles. The quantitative estimate of drug-likeness (QED) is 0.596. The Morgan fingerprint density at radius 1 is 1.07 bits per heavy atom. The molecule has 0 fully saturated rings. The van der Waals surface area contributed by atoms with Crippen molar-refractivity contribution in [1.82, 2.24) is 9.62 Å². The molecule has 2 rings (SSSR count). The number of sulfonamides is 1. The molecule has 2 aromatic carbocycles. The van der Waals surface area contributed by atoms with Crippen LogP contribution in [0.5, 0.6) is 5.75 Å². The minimum atomic E-state index is -3.68. The summed E-state index contributed by atoms with van der Waals surface area (Å²) in [4.78, 5) is 12.5. The van der Waals surface area contributed by atoms with Gasteiger partial charge in [0.05, 0.1) is 22.0 Å². The maximum absolute atomic E-state index is 12.6. The first-order chi connectivity index (χ1) is 13.3. The average molecular weight is 445 g/mol. The number of nitrogens with zero attached hydrogens (tertiary/aromatic N) is 1. The van der Waals surface area contributed by atoms with Crippen LogP contribution in [0.1, 0.15) is 24.2 Å².